The Bertz CT molecular complexity index is 525. The Balaban J connectivity index is 1.58. The summed E-state index contributed by atoms with van der Waals surface area (Å²) in [7, 11) is 0. The van der Waals surface area contributed by atoms with Gasteiger partial charge in [-0.15, -0.1) is 11.3 Å². The lowest BCUT2D eigenvalue weighted by molar-refractivity contribution is 0.0671. The molecule has 0 aliphatic carbocycles. The number of nitrogens with zero attached hydrogens (tertiary/aromatic N) is 2. The van der Waals surface area contributed by atoms with Crippen molar-refractivity contribution in [2.75, 3.05) is 26.2 Å². The van der Waals surface area contributed by atoms with Gasteiger partial charge in [0.15, 0.2) is 0 Å². The predicted molar refractivity (Wildman–Crippen MR) is 78.4 cm³/mol. The van der Waals surface area contributed by atoms with E-state index in [-0.39, 0.29) is 18.0 Å². The third kappa shape index (κ3) is 2.62. The molecule has 0 spiro atoms. The van der Waals surface area contributed by atoms with Crippen molar-refractivity contribution in [1.82, 2.24) is 15.1 Å². The van der Waals surface area contributed by atoms with Crippen LogP contribution in [0.1, 0.15) is 22.5 Å². The van der Waals surface area contributed by atoms with Crippen LogP contribution in [0.4, 0.5) is 4.79 Å². The minimum absolute atomic E-state index is 0.0276. The fourth-order valence-electron chi connectivity index (χ4n) is 2.80. The summed E-state index contributed by atoms with van der Waals surface area (Å²) in [5, 5.41) is 2.82. The lowest BCUT2D eigenvalue weighted by Crippen LogP contribution is -2.47. The van der Waals surface area contributed by atoms with Gasteiger partial charge in [0.2, 0.25) is 0 Å². The minimum atomic E-state index is 0.0276. The lowest BCUT2D eigenvalue weighted by Gasteiger charge is -2.35. The van der Waals surface area contributed by atoms with Gasteiger partial charge in [-0.05, 0) is 25.0 Å². The number of thiophene rings is 1. The Kier molecular flexibility index (Phi) is 3.85. The number of rotatable bonds is 2. The fraction of sp³-hybridized carbons (Fsp3) is 0.538. The molecule has 2 aliphatic heterocycles. The summed E-state index contributed by atoms with van der Waals surface area (Å²) in [4.78, 5) is 28.4. The topological polar surface area (TPSA) is 52.7 Å². The van der Waals surface area contributed by atoms with Crippen molar-refractivity contribution < 1.29 is 9.59 Å². The largest absolute Gasteiger partial charge is 0.338 e. The highest BCUT2D eigenvalue weighted by atomic mass is 35.5. The Labute approximate surface area is 126 Å². The van der Waals surface area contributed by atoms with Crippen LogP contribution in [0.15, 0.2) is 12.1 Å². The summed E-state index contributed by atoms with van der Waals surface area (Å²) in [5.74, 6) is 0.0474. The van der Waals surface area contributed by atoms with Gasteiger partial charge in [-0.3, -0.25) is 4.79 Å². The molecule has 0 radical (unpaired) electrons. The van der Waals surface area contributed by atoms with E-state index < -0.39 is 0 Å². The third-order valence-electron chi connectivity index (χ3n) is 3.87. The van der Waals surface area contributed by atoms with Gasteiger partial charge in [0.1, 0.15) is 0 Å². The molecule has 3 amide bonds. The maximum atomic E-state index is 12.3. The number of urea groups is 1. The normalized spacial score (nSPS) is 20.4. The Hall–Kier alpha value is -1.27. The first-order valence-electron chi connectivity index (χ1n) is 6.74. The van der Waals surface area contributed by atoms with Gasteiger partial charge in [-0.25, -0.2) is 4.79 Å². The molecular formula is C13H16ClN3O2S. The molecule has 20 heavy (non-hydrogen) atoms. The highest BCUT2D eigenvalue weighted by molar-refractivity contribution is 7.17. The van der Waals surface area contributed by atoms with Crippen LogP contribution in [0.2, 0.25) is 4.34 Å². The van der Waals surface area contributed by atoms with Crippen LogP contribution in [0.3, 0.4) is 0 Å². The zero-order valence-electron chi connectivity index (χ0n) is 11.0. The maximum absolute atomic E-state index is 12.3. The van der Waals surface area contributed by atoms with Gasteiger partial charge in [0, 0.05) is 32.2 Å². The first kappa shape index (κ1) is 13.7. The zero-order valence-corrected chi connectivity index (χ0v) is 12.5. The second kappa shape index (κ2) is 5.61. The summed E-state index contributed by atoms with van der Waals surface area (Å²) in [6.45, 7) is 2.90. The van der Waals surface area contributed by atoms with Crippen molar-refractivity contribution in [1.29, 1.82) is 0 Å². The second-order valence-corrected chi connectivity index (χ2v) is 6.77. The van der Waals surface area contributed by atoms with E-state index >= 15 is 0 Å². The molecule has 5 nitrogen and oxygen atoms in total. The third-order valence-corrected chi connectivity index (χ3v) is 5.09. The molecule has 7 heteroatoms. The Morgan fingerprint density at radius 2 is 2.05 bits per heavy atom. The van der Waals surface area contributed by atoms with Gasteiger partial charge in [0.25, 0.3) is 5.91 Å². The number of hydrogen-bond acceptors (Lipinski definition) is 3. The SMILES string of the molecule is O=C(c1ccc(Cl)s1)N1CCC(N2CCNC2=O)CC1. The highest BCUT2D eigenvalue weighted by Crippen LogP contribution is 2.25. The molecule has 1 N–H and O–H groups in total. The standard InChI is InChI=1S/C13H16ClN3O2S/c14-11-2-1-10(20-11)12(18)16-6-3-9(4-7-16)17-8-5-15-13(17)19/h1-2,9H,3-8H2,(H,15,19). The lowest BCUT2D eigenvalue weighted by atomic mass is 10.0. The zero-order chi connectivity index (χ0) is 14.1. The van der Waals surface area contributed by atoms with E-state index in [0.29, 0.717) is 22.3 Å². The number of likely N-dealkylation sites (tertiary alicyclic amines) is 1. The van der Waals surface area contributed by atoms with Gasteiger partial charge >= 0.3 is 6.03 Å². The van der Waals surface area contributed by atoms with Crippen LogP contribution in [0, 0.1) is 0 Å². The molecule has 2 fully saturated rings. The average Bonchev–Trinajstić information content (AvgIpc) is 3.07. The minimum Gasteiger partial charge on any atom is -0.338 e. The van der Waals surface area contributed by atoms with E-state index in [9.17, 15) is 9.59 Å². The van der Waals surface area contributed by atoms with Crippen LogP contribution in [-0.4, -0.2) is 54.0 Å². The molecule has 0 saturated carbocycles. The van der Waals surface area contributed by atoms with Crippen LogP contribution in [0.5, 0.6) is 0 Å². The smallest absolute Gasteiger partial charge is 0.317 e. The first-order chi connectivity index (χ1) is 9.65. The second-order valence-electron chi connectivity index (χ2n) is 5.05. The van der Waals surface area contributed by atoms with Crippen LogP contribution in [0.25, 0.3) is 0 Å². The Morgan fingerprint density at radius 3 is 2.60 bits per heavy atom. The summed E-state index contributed by atoms with van der Waals surface area (Å²) >= 11 is 7.18. The van der Waals surface area contributed by atoms with Gasteiger partial charge < -0.3 is 15.1 Å². The summed E-state index contributed by atoms with van der Waals surface area (Å²) in [6.07, 6.45) is 1.69. The molecule has 2 saturated heterocycles. The molecule has 0 bridgehead atoms. The van der Waals surface area contributed by atoms with Crippen molar-refractivity contribution in [2.24, 2.45) is 0 Å². The van der Waals surface area contributed by atoms with E-state index in [4.69, 9.17) is 11.6 Å². The number of hydrogen-bond donors (Lipinski definition) is 1. The van der Waals surface area contributed by atoms with Gasteiger partial charge in [-0.1, -0.05) is 11.6 Å². The van der Waals surface area contributed by atoms with E-state index in [0.717, 1.165) is 25.9 Å². The molecule has 1 aromatic heterocycles. The first-order valence-corrected chi connectivity index (χ1v) is 7.93. The number of carbonyl (C=O) groups is 2. The number of amides is 3. The predicted octanol–water partition coefficient (Wildman–Crippen LogP) is 2.03. The van der Waals surface area contributed by atoms with Gasteiger partial charge in [0.05, 0.1) is 9.21 Å². The van der Waals surface area contributed by atoms with Crippen LogP contribution in [-0.2, 0) is 0 Å². The van der Waals surface area contributed by atoms with Crippen molar-refractivity contribution in [2.45, 2.75) is 18.9 Å². The number of nitrogens with one attached hydrogen (secondary N) is 1. The molecule has 3 heterocycles. The highest BCUT2D eigenvalue weighted by Gasteiger charge is 2.32. The monoisotopic (exact) mass is 313 g/mol. The van der Waals surface area contributed by atoms with E-state index in [1.165, 1.54) is 11.3 Å². The van der Waals surface area contributed by atoms with Crippen molar-refractivity contribution in [3.63, 3.8) is 0 Å². The van der Waals surface area contributed by atoms with Gasteiger partial charge in [-0.2, -0.15) is 0 Å². The van der Waals surface area contributed by atoms with Crippen molar-refractivity contribution in [3.05, 3.63) is 21.3 Å². The van der Waals surface area contributed by atoms with Crippen LogP contribution < -0.4 is 5.32 Å². The average molecular weight is 314 g/mol. The van der Waals surface area contributed by atoms with Crippen molar-refractivity contribution in [3.8, 4) is 0 Å². The molecule has 108 valence electrons. The van der Waals surface area contributed by atoms with Crippen molar-refractivity contribution >= 4 is 34.9 Å². The summed E-state index contributed by atoms with van der Waals surface area (Å²) in [6, 6.07) is 3.81. The quantitative estimate of drug-likeness (QED) is 0.908. The molecule has 3 rings (SSSR count). The molecule has 0 atom stereocenters. The molecule has 1 aromatic rings. The number of carbonyl (C=O) groups excluding carboxylic acids is 2. The molecule has 0 aromatic carbocycles. The summed E-state index contributed by atoms with van der Waals surface area (Å²) in [5.41, 5.74) is 0. The van der Waals surface area contributed by atoms with Crippen LogP contribution >= 0.6 is 22.9 Å². The number of piperidine rings is 1. The molecular weight excluding hydrogens is 298 g/mol. The molecule has 0 unspecified atom stereocenters. The van der Waals surface area contributed by atoms with E-state index in [2.05, 4.69) is 5.32 Å². The Morgan fingerprint density at radius 1 is 1.30 bits per heavy atom. The van der Waals surface area contributed by atoms with E-state index in [1.54, 1.807) is 12.1 Å². The molecule has 2 aliphatic rings. The summed E-state index contributed by atoms with van der Waals surface area (Å²) < 4.78 is 0.636. The number of halogens is 1. The van der Waals surface area contributed by atoms with E-state index in [1.807, 2.05) is 9.80 Å². The maximum Gasteiger partial charge on any atom is 0.317 e. The fourth-order valence-corrected chi connectivity index (χ4v) is 3.81.